The van der Waals surface area contributed by atoms with Crippen molar-refractivity contribution in [3.05, 3.63) is 60.8 Å². The first kappa shape index (κ1) is 79.1. The summed E-state index contributed by atoms with van der Waals surface area (Å²) < 4.78 is 0. The van der Waals surface area contributed by atoms with E-state index in [0.29, 0.717) is 6.42 Å². The Morgan fingerprint density at radius 2 is 0.543 bits per heavy atom. The summed E-state index contributed by atoms with van der Waals surface area (Å²) in [5, 5.41) is 23.3. The van der Waals surface area contributed by atoms with Gasteiger partial charge in [0.05, 0.1) is 18.8 Å². The Hall–Kier alpha value is -1.91. The molecular formula is C77H145NO3. The summed E-state index contributed by atoms with van der Waals surface area (Å²) in [4.78, 5) is 12.6. The number of rotatable bonds is 69. The summed E-state index contributed by atoms with van der Waals surface area (Å²) in [6.07, 6.45) is 103. The highest BCUT2D eigenvalue weighted by Crippen LogP contribution is 2.19. The Balaban J connectivity index is 3.40. The molecule has 0 aliphatic rings. The van der Waals surface area contributed by atoms with Gasteiger partial charge in [-0.25, -0.2) is 0 Å². The molecule has 2 atom stereocenters. The Bertz CT molecular complexity index is 1330. The molecule has 3 N–H and O–H groups in total. The number of aliphatic hydroxyl groups excluding tert-OH is 2. The van der Waals surface area contributed by atoms with Gasteiger partial charge in [0.1, 0.15) is 0 Å². The van der Waals surface area contributed by atoms with Gasteiger partial charge in [0.15, 0.2) is 0 Å². The van der Waals surface area contributed by atoms with Gasteiger partial charge in [0.2, 0.25) is 5.91 Å². The lowest BCUT2D eigenvalue weighted by Crippen LogP contribution is -2.45. The molecule has 0 aliphatic carbocycles. The summed E-state index contributed by atoms with van der Waals surface area (Å²) in [5.74, 6) is -0.0554. The molecule has 1 amide bonds. The molecule has 0 spiro atoms. The van der Waals surface area contributed by atoms with Crippen molar-refractivity contribution in [1.29, 1.82) is 0 Å². The molecule has 0 aromatic heterocycles. The largest absolute Gasteiger partial charge is 0.394 e. The van der Waals surface area contributed by atoms with Crippen molar-refractivity contribution >= 4 is 5.91 Å². The van der Waals surface area contributed by atoms with Gasteiger partial charge in [0.25, 0.3) is 0 Å². The molecule has 0 aromatic rings. The van der Waals surface area contributed by atoms with Crippen LogP contribution in [0.15, 0.2) is 60.8 Å². The van der Waals surface area contributed by atoms with Gasteiger partial charge in [-0.05, 0) is 57.8 Å². The fraction of sp³-hybridized carbons (Fsp3) is 0.857. The molecule has 0 saturated carbocycles. The van der Waals surface area contributed by atoms with Crippen LogP contribution in [0.5, 0.6) is 0 Å². The molecular weight excluding hydrogens is 987 g/mol. The minimum absolute atomic E-state index is 0.0554. The van der Waals surface area contributed by atoms with Crippen LogP contribution >= 0.6 is 0 Å². The zero-order valence-electron chi connectivity index (χ0n) is 55.1. The highest BCUT2D eigenvalue weighted by Gasteiger charge is 2.18. The zero-order chi connectivity index (χ0) is 58.4. The summed E-state index contributed by atoms with van der Waals surface area (Å²) in [6, 6.07) is -0.623. The third kappa shape index (κ3) is 68.8. The lowest BCUT2D eigenvalue weighted by Gasteiger charge is -2.20. The Morgan fingerprint density at radius 3 is 0.815 bits per heavy atom. The van der Waals surface area contributed by atoms with Crippen LogP contribution < -0.4 is 5.32 Å². The quantitative estimate of drug-likeness (QED) is 0.0420. The first-order chi connectivity index (χ1) is 40.2. The topological polar surface area (TPSA) is 69.6 Å². The molecule has 0 saturated heterocycles. The molecule has 0 aromatic carbocycles. The SMILES string of the molecule is CC/C=C\C/C=C\C/C=C\C/C=C\CCCCCCCCCCCCCCCCCCCCCCCCCCCCC(=O)NC(CO)C(O)/C=C/CCCCCCCCCCCCCCCCCCCCCCCCCCCCCC. The van der Waals surface area contributed by atoms with Crippen molar-refractivity contribution in [3.8, 4) is 0 Å². The van der Waals surface area contributed by atoms with E-state index in [1.165, 1.54) is 334 Å². The summed E-state index contributed by atoms with van der Waals surface area (Å²) in [5.41, 5.74) is 0. The predicted octanol–water partition coefficient (Wildman–Crippen LogP) is 25.4. The number of carbonyl (C=O) groups is 1. The van der Waals surface area contributed by atoms with Crippen molar-refractivity contribution in [3.63, 3.8) is 0 Å². The van der Waals surface area contributed by atoms with Gasteiger partial charge < -0.3 is 15.5 Å². The van der Waals surface area contributed by atoms with E-state index in [2.05, 4.69) is 67.8 Å². The van der Waals surface area contributed by atoms with E-state index in [9.17, 15) is 15.0 Å². The van der Waals surface area contributed by atoms with E-state index >= 15 is 0 Å². The maximum absolute atomic E-state index is 12.6. The first-order valence-electron chi connectivity index (χ1n) is 37.0. The fourth-order valence-corrected chi connectivity index (χ4v) is 11.7. The Morgan fingerprint density at radius 1 is 0.309 bits per heavy atom. The molecule has 81 heavy (non-hydrogen) atoms. The maximum Gasteiger partial charge on any atom is 0.220 e. The second-order valence-corrected chi connectivity index (χ2v) is 25.3. The standard InChI is InChI=1S/C77H145NO3/c1-3-5-7-9-11-13-15-17-19-21-23-25-27-29-31-33-35-36-37-38-39-40-41-42-43-45-47-49-51-53-55-57-59-61-63-65-67-69-71-73-77(81)78-75(74-79)76(80)72-70-68-66-64-62-60-58-56-54-52-50-48-46-44-34-32-30-28-26-24-22-20-18-16-14-12-10-8-6-4-2/h5,7,11,13,17,19,23,25,70,72,75-76,79-80H,3-4,6,8-10,12,14-16,18,20-22,24,26-69,71,73-74H2,1-2H3,(H,78,81)/b7-5-,13-11-,19-17-,25-23-,72-70+. The Labute approximate surface area is 508 Å². The first-order valence-corrected chi connectivity index (χ1v) is 37.0. The number of unbranched alkanes of at least 4 members (excludes halogenated alkanes) is 54. The van der Waals surface area contributed by atoms with E-state index in [4.69, 9.17) is 0 Å². The molecule has 0 heterocycles. The monoisotopic (exact) mass is 1130 g/mol. The van der Waals surface area contributed by atoms with Gasteiger partial charge >= 0.3 is 0 Å². The lowest BCUT2D eigenvalue weighted by molar-refractivity contribution is -0.123. The summed E-state index contributed by atoms with van der Waals surface area (Å²) in [6.45, 7) is 4.24. The van der Waals surface area contributed by atoms with Gasteiger partial charge in [-0.15, -0.1) is 0 Å². The number of carbonyl (C=O) groups excluding carboxylic acids is 1. The smallest absolute Gasteiger partial charge is 0.220 e. The van der Waals surface area contributed by atoms with E-state index in [0.717, 1.165) is 51.4 Å². The second kappa shape index (κ2) is 72.3. The predicted molar refractivity (Wildman–Crippen MR) is 364 cm³/mol. The van der Waals surface area contributed by atoms with Crippen LogP contribution in [-0.2, 0) is 4.79 Å². The van der Waals surface area contributed by atoms with Crippen LogP contribution in [0.3, 0.4) is 0 Å². The van der Waals surface area contributed by atoms with Gasteiger partial charge in [-0.3, -0.25) is 4.79 Å². The minimum atomic E-state index is -0.840. The summed E-state index contributed by atoms with van der Waals surface area (Å²) in [7, 11) is 0. The molecule has 0 fully saturated rings. The Kier molecular flexibility index (Phi) is 70.6. The molecule has 0 radical (unpaired) electrons. The highest BCUT2D eigenvalue weighted by atomic mass is 16.3. The van der Waals surface area contributed by atoms with Gasteiger partial charge in [-0.2, -0.15) is 0 Å². The fourth-order valence-electron chi connectivity index (χ4n) is 11.7. The average molecular weight is 1130 g/mol. The van der Waals surface area contributed by atoms with E-state index in [-0.39, 0.29) is 12.5 Å². The van der Waals surface area contributed by atoms with Crippen LogP contribution in [0, 0.1) is 0 Å². The van der Waals surface area contributed by atoms with Gasteiger partial charge in [0, 0.05) is 6.42 Å². The van der Waals surface area contributed by atoms with Crippen LogP contribution in [0.1, 0.15) is 406 Å². The van der Waals surface area contributed by atoms with E-state index in [1.807, 2.05) is 6.08 Å². The summed E-state index contributed by atoms with van der Waals surface area (Å²) >= 11 is 0. The molecule has 2 unspecified atom stereocenters. The van der Waals surface area contributed by atoms with Crippen LogP contribution in [0.25, 0.3) is 0 Å². The van der Waals surface area contributed by atoms with Crippen molar-refractivity contribution in [1.82, 2.24) is 5.32 Å². The second-order valence-electron chi connectivity index (χ2n) is 25.3. The lowest BCUT2D eigenvalue weighted by atomic mass is 10.0. The van der Waals surface area contributed by atoms with Crippen molar-refractivity contribution in [2.24, 2.45) is 0 Å². The third-order valence-corrected chi connectivity index (χ3v) is 17.3. The third-order valence-electron chi connectivity index (χ3n) is 17.3. The number of hydrogen-bond acceptors (Lipinski definition) is 3. The number of hydrogen-bond donors (Lipinski definition) is 3. The molecule has 0 bridgehead atoms. The van der Waals surface area contributed by atoms with Crippen LogP contribution in [0.2, 0.25) is 0 Å². The molecule has 0 rings (SSSR count). The highest BCUT2D eigenvalue weighted by molar-refractivity contribution is 5.76. The molecule has 4 nitrogen and oxygen atoms in total. The molecule has 4 heteroatoms. The van der Waals surface area contributed by atoms with Crippen LogP contribution in [0.4, 0.5) is 0 Å². The van der Waals surface area contributed by atoms with E-state index in [1.54, 1.807) is 6.08 Å². The van der Waals surface area contributed by atoms with E-state index < -0.39 is 12.1 Å². The minimum Gasteiger partial charge on any atom is -0.394 e. The van der Waals surface area contributed by atoms with Crippen molar-refractivity contribution < 1.29 is 15.0 Å². The number of nitrogens with one attached hydrogen (secondary N) is 1. The number of aliphatic hydroxyl groups is 2. The van der Waals surface area contributed by atoms with Gasteiger partial charge in [-0.1, -0.05) is 402 Å². The van der Waals surface area contributed by atoms with Crippen LogP contribution in [-0.4, -0.2) is 34.9 Å². The zero-order valence-corrected chi connectivity index (χ0v) is 55.1. The molecule has 476 valence electrons. The van der Waals surface area contributed by atoms with Crippen molar-refractivity contribution in [2.45, 2.75) is 418 Å². The molecule has 0 aliphatic heterocycles. The maximum atomic E-state index is 12.6. The normalized spacial score (nSPS) is 13.0. The average Bonchev–Trinajstić information content (AvgIpc) is 3.47. The number of amides is 1. The van der Waals surface area contributed by atoms with Crippen molar-refractivity contribution in [2.75, 3.05) is 6.61 Å². The number of allylic oxidation sites excluding steroid dienone is 9.